The zero-order valence-corrected chi connectivity index (χ0v) is 31.0. The first kappa shape index (κ1) is 37.1. The van der Waals surface area contributed by atoms with Crippen LogP contribution in [-0.4, -0.2) is 51.4 Å². The maximum atomic E-state index is 11.6. The number of carboxylic acid groups (broad SMARTS) is 2. The van der Waals surface area contributed by atoms with Crippen molar-refractivity contribution in [3.8, 4) is 0 Å². The quantitative estimate of drug-likeness (QED) is 0.271. The normalized spacial score (nSPS) is 46.7. The van der Waals surface area contributed by atoms with E-state index in [1.54, 1.807) is 0 Å². The summed E-state index contributed by atoms with van der Waals surface area (Å²) in [6.07, 6.45) is 16.7. The van der Waals surface area contributed by atoms with Crippen LogP contribution in [-0.2, 0) is 19.1 Å². The lowest BCUT2D eigenvalue weighted by atomic mass is 9.54. The van der Waals surface area contributed by atoms with Crippen LogP contribution in [0.15, 0.2) is 0 Å². The van der Waals surface area contributed by atoms with E-state index in [1.807, 2.05) is 0 Å². The number of aliphatic carboxylic acids is 2. The highest BCUT2D eigenvalue weighted by Gasteiger charge is 2.65. The molecule has 7 aliphatic rings. The Kier molecular flexibility index (Phi) is 10.7. The van der Waals surface area contributed by atoms with Crippen LogP contribution in [0.2, 0.25) is 0 Å². The van der Waals surface area contributed by atoms with Crippen molar-refractivity contribution in [1.82, 2.24) is 0 Å². The van der Waals surface area contributed by atoms with Crippen molar-refractivity contribution in [2.24, 2.45) is 57.2 Å². The fraction of sp³-hybridized carbons (Fsp3) is 0.950. The molecule has 1 spiro atoms. The van der Waals surface area contributed by atoms with Gasteiger partial charge in [-0.3, -0.25) is 9.59 Å². The molecule has 2 saturated heterocycles. The van der Waals surface area contributed by atoms with Crippen molar-refractivity contribution in [3.63, 3.8) is 0 Å². The molecule has 12 atom stereocenters. The highest BCUT2D eigenvalue weighted by molar-refractivity contribution is 5.76. The second-order valence-electron chi connectivity index (χ2n) is 19.2. The number of rotatable bonds is 2. The lowest BCUT2D eigenvalue weighted by molar-refractivity contribution is -0.267. The van der Waals surface area contributed by atoms with Crippen LogP contribution >= 0.6 is 0 Å². The number of ether oxygens (including phenoxy) is 2. The van der Waals surface area contributed by atoms with E-state index in [1.165, 1.54) is 12.8 Å². The Morgan fingerprint density at radius 1 is 0.702 bits per heavy atom. The predicted octanol–water partition coefficient (Wildman–Crippen LogP) is 9.09. The molecule has 7 nitrogen and oxygen atoms in total. The lowest BCUT2D eigenvalue weighted by Crippen LogP contribution is -2.49. The van der Waals surface area contributed by atoms with Gasteiger partial charge >= 0.3 is 11.9 Å². The zero-order chi connectivity index (χ0) is 34.6. The second-order valence-corrected chi connectivity index (χ2v) is 19.2. The SMILES string of the molecule is CC1(C)CCC2(C(=O)O)CCCCC2C1.CC1CC2OC3(OC2C(C)(C)C)C(O)CCC13.CC1CCC2(C(=O)O)CCCCC2C1C. The van der Waals surface area contributed by atoms with E-state index in [2.05, 4.69) is 55.4 Å². The molecule has 0 radical (unpaired) electrons. The summed E-state index contributed by atoms with van der Waals surface area (Å²) in [5.74, 6) is 1.42. The minimum atomic E-state index is -0.680. The van der Waals surface area contributed by atoms with Crippen LogP contribution < -0.4 is 0 Å². The third kappa shape index (κ3) is 6.81. The number of aliphatic hydroxyl groups excluding tert-OH is 1. The molecule has 2 bridgehead atoms. The number of fused-ring (bicyclic) bond motifs is 3. The topological polar surface area (TPSA) is 113 Å². The Morgan fingerprint density at radius 3 is 1.98 bits per heavy atom. The molecule has 3 N–H and O–H groups in total. The van der Waals surface area contributed by atoms with E-state index >= 15 is 0 Å². The van der Waals surface area contributed by atoms with Gasteiger partial charge in [-0.2, -0.15) is 0 Å². The maximum Gasteiger partial charge on any atom is 0.309 e. The standard InChI is InChI=1S/C14H24O3.2C13H22O2/c1-8-7-10-12(13(2,3)4)17-14(16-10)9(8)5-6-11(14)15;1-9-6-8-13(12(14)15)7-4-3-5-11(13)10(9)2;1-12(2)7-8-13(11(14)15)6-4-3-5-10(13)9-12/h8-12,15H,5-7H2,1-4H3;9-11H,3-8H2,1-2H3,(H,14,15);10H,3-9H2,1-2H3,(H,14,15). The maximum absolute atomic E-state index is 11.6. The molecular weight excluding hydrogens is 592 g/mol. The van der Waals surface area contributed by atoms with Crippen LogP contribution in [0.25, 0.3) is 0 Å². The molecule has 5 aliphatic carbocycles. The first-order valence-electron chi connectivity index (χ1n) is 19.4. The van der Waals surface area contributed by atoms with E-state index in [0.717, 1.165) is 89.9 Å². The molecule has 7 fully saturated rings. The predicted molar refractivity (Wildman–Crippen MR) is 184 cm³/mol. The summed E-state index contributed by atoms with van der Waals surface area (Å²) in [6.45, 7) is 18.0. The summed E-state index contributed by atoms with van der Waals surface area (Å²) < 4.78 is 12.4. The third-order valence-corrected chi connectivity index (χ3v) is 14.6. The largest absolute Gasteiger partial charge is 0.481 e. The minimum Gasteiger partial charge on any atom is -0.481 e. The number of hydrogen-bond acceptors (Lipinski definition) is 5. The van der Waals surface area contributed by atoms with Crippen molar-refractivity contribution < 1.29 is 34.4 Å². The fourth-order valence-corrected chi connectivity index (χ4v) is 11.6. The minimum absolute atomic E-state index is 0.0745. The summed E-state index contributed by atoms with van der Waals surface area (Å²) in [5, 5.41) is 29.3. The lowest BCUT2D eigenvalue weighted by Gasteiger charge is -2.50. The monoisotopic (exact) mass is 660 g/mol. The molecule has 0 amide bonds. The van der Waals surface area contributed by atoms with Gasteiger partial charge in [0.2, 0.25) is 0 Å². The molecule has 2 heterocycles. The molecule has 5 saturated carbocycles. The molecule has 47 heavy (non-hydrogen) atoms. The van der Waals surface area contributed by atoms with E-state index in [0.29, 0.717) is 40.9 Å². The number of hydrogen-bond donors (Lipinski definition) is 3. The summed E-state index contributed by atoms with van der Waals surface area (Å²) in [4.78, 5) is 23.1. The smallest absolute Gasteiger partial charge is 0.309 e. The summed E-state index contributed by atoms with van der Waals surface area (Å²) in [5.41, 5.74) is -0.274. The molecule has 7 rings (SSSR count). The molecule has 0 aromatic rings. The molecular formula is C40H68O7. The van der Waals surface area contributed by atoms with Gasteiger partial charge in [-0.05, 0) is 117 Å². The third-order valence-electron chi connectivity index (χ3n) is 14.6. The molecule has 0 aromatic carbocycles. The van der Waals surface area contributed by atoms with Crippen LogP contribution in [0, 0.1) is 57.2 Å². The van der Waals surface area contributed by atoms with Gasteiger partial charge in [0.25, 0.3) is 0 Å². The van der Waals surface area contributed by atoms with Crippen molar-refractivity contribution >= 4 is 11.9 Å². The van der Waals surface area contributed by atoms with Crippen LogP contribution in [0.3, 0.4) is 0 Å². The Morgan fingerprint density at radius 2 is 1.34 bits per heavy atom. The van der Waals surface area contributed by atoms with Gasteiger partial charge in [-0.1, -0.05) is 81.1 Å². The van der Waals surface area contributed by atoms with Crippen molar-refractivity contribution in [1.29, 1.82) is 0 Å². The first-order valence-corrected chi connectivity index (χ1v) is 19.4. The summed E-state index contributed by atoms with van der Waals surface area (Å²) >= 11 is 0. The number of carbonyl (C=O) groups is 2. The van der Waals surface area contributed by atoms with E-state index in [-0.39, 0.29) is 28.5 Å². The number of carboxylic acids is 2. The average Bonchev–Trinajstić information content (AvgIpc) is 3.52. The number of aliphatic hydroxyl groups is 1. The zero-order valence-electron chi connectivity index (χ0n) is 31.0. The summed E-state index contributed by atoms with van der Waals surface area (Å²) in [7, 11) is 0. The highest BCUT2D eigenvalue weighted by Crippen LogP contribution is 2.58. The molecule has 12 unspecified atom stereocenters. The van der Waals surface area contributed by atoms with Crippen LogP contribution in [0.5, 0.6) is 0 Å². The van der Waals surface area contributed by atoms with E-state index in [9.17, 15) is 24.9 Å². The van der Waals surface area contributed by atoms with Gasteiger partial charge in [0.15, 0.2) is 5.79 Å². The molecule has 0 aromatic heterocycles. The van der Waals surface area contributed by atoms with Gasteiger partial charge in [-0.25, -0.2) is 0 Å². The van der Waals surface area contributed by atoms with Gasteiger partial charge < -0.3 is 24.8 Å². The Bertz CT molecular complexity index is 1130. The van der Waals surface area contributed by atoms with Gasteiger partial charge in [0.1, 0.15) is 6.10 Å². The Hall–Kier alpha value is -1.18. The second kappa shape index (κ2) is 13.5. The van der Waals surface area contributed by atoms with Crippen molar-refractivity contribution in [2.75, 3.05) is 0 Å². The first-order chi connectivity index (χ1) is 21.9. The Labute approximate surface area is 285 Å². The van der Waals surface area contributed by atoms with E-state index < -0.39 is 23.8 Å². The van der Waals surface area contributed by atoms with Gasteiger partial charge in [0, 0.05) is 5.92 Å². The highest BCUT2D eigenvalue weighted by atomic mass is 16.8. The van der Waals surface area contributed by atoms with Crippen molar-refractivity contribution in [3.05, 3.63) is 0 Å². The molecule has 2 aliphatic heterocycles. The molecule has 270 valence electrons. The van der Waals surface area contributed by atoms with Gasteiger partial charge in [-0.15, -0.1) is 0 Å². The van der Waals surface area contributed by atoms with Crippen molar-refractivity contribution in [2.45, 2.75) is 182 Å². The van der Waals surface area contributed by atoms with Gasteiger partial charge in [0.05, 0.1) is 23.0 Å². The van der Waals surface area contributed by atoms with Crippen LogP contribution in [0.1, 0.15) is 158 Å². The average molecular weight is 661 g/mol. The van der Waals surface area contributed by atoms with E-state index in [4.69, 9.17) is 9.47 Å². The molecule has 7 heteroatoms. The summed E-state index contributed by atoms with van der Waals surface area (Å²) in [6, 6.07) is 0. The van der Waals surface area contributed by atoms with Crippen LogP contribution in [0.4, 0.5) is 0 Å². The Balaban J connectivity index is 0.000000139. The fourth-order valence-electron chi connectivity index (χ4n) is 11.6.